The lowest BCUT2D eigenvalue weighted by Gasteiger charge is -2.25. The van der Waals surface area contributed by atoms with Crippen LogP contribution in [0.4, 0.5) is 4.39 Å². The molecule has 0 unspecified atom stereocenters. The van der Waals surface area contributed by atoms with Crippen LogP contribution in [0.25, 0.3) is 44.0 Å². The number of imidazole rings is 1. The molecule has 1 amide bonds. The number of nitrogens with zero attached hydrogens (tertiary/aromatic N) is 4. The van der Waals surface area contributed by atoms with Gasteiger partial charge in [-0.05, 0) is 59.8 Å². The SMILES string of the molecule is C=CC(=O)N1CCc2c(nc(-c3nc(-c4ccc5c(c4)CCNC5)c4ccsc4c3-c3ccc(F)cc3OCCOC)n2C)C1. The van der Waals surface area contributed by atoms with E-state index in [1.807, 2.05) is 7.05 Å². The maximum Gasteiger partial charge on any atom is 0.246 e. The summed E-state index contributed by atoms with van der Waals surface area (Å²) >= 11 is 1.62. The van der Waals surface area contributed by atoms with Crippen molar-refractivity contribution in [2.24, 2.45) is 7.05 Å². The van der Waals surface area contributed by atoms with Crippen molar-refractivity contribution in [1.29, 1.82) is 0 Å². The standard InChI is InChI=1S/C35H34FN5O3S/c1-4-30(42)41-13-10-28-27(20-41)38-35(40(28)2)33-31(25-8-7-24(36)18-29(25)44-15-14-43-3)34-26(11-16-45-34)32(39-33)22-5-6-23-19-37-12-9-21(23)17-22/h4-8,11,16-18,37H,1,9-10,12-15,19-20H2,2-3H3. The summed E-state index contributed by atoms with van der Waals surface area (Å²) in [5.41, 5.74) is 8.71. The first kappa shape index (κ1) is 29.3. The highest BCUT2D eigenvalue weighted by molar-refractivity contribution is 7.18. The molecular formula is C35H34FN5O3S. The molecule has 2 aliphatic rings. The van der Waals surface area contributed by atoms with Gasteiger partial charge in [0.15, 0.2) is 5.82 Å². The zero-order valence-electron chi connectivity index (χ0n) is 25.4. The summed E-state index contributed by atoms with van der Waals surface area (Å²) in [4.78, 5) is 24.8. The number of halogens is 1. The third-order valence-corrected chi connectivity index (χ3v) is 9.62. The second kappa shape index (κ2) is 12.2. The lowest BCUT2D eigenvalue weighted by molar-refractivity contribution is -0.126. The summed E-state index contributed by atoms with van der Waals surface area (Å²) in [6.07, 6.45) is 2.98. The number of rotatable bonds is 8. The second-order valence-electron chi connectivity index (χ2n) is 11.3. The number of fused-ring (bicyclic) bond motifs is 3. The van der Waals surface area contributed by atoms with Crippen LogP contribution in [0.15, 0.2) is 60.5 Å². The number of nitrogens with one attached hydrogen (secondary N) is 1. The van der Waals surface area contributed by atoms with E-state index < -0.39 is 0 Å². The van der Waals surface area contributed by atoms with Gasteiger partial charge >= 0.3 is 0 Å². The van der Waals surface area contributed by atoms with E-state index in [1.54, 1.807) is 29.4 Å². The molecule has 8 nitrogen and oxygen atoms in total. The van der Waals surface area contributed by atoms with Crippen molar-refractivity contribution in [3.05, 3.63) is 88.8 Å². The van der Waals surface area contributed by atoms with Gasteiger partial charge in [-0.1, -0.05) is 18.7 Å². The van der Waals surface area contributed by atoms with E-state index in [-0.39, 0.29) is 18.3 Å². The van der Waals surface area contributed by atoms with Crippen molar-refractivity contribution >= 4 is 27.3 Å². The van der Waals surface area contributed by atoms with Gasteiger partial charge in [0.2, 0.25) is 5.91 Å². The fourth-order valence-electron chi connectivity index (χ4n) is 6.40. The summed E-state index contributed by atoms with van der Waals surface area (Å²) in [7, 11) is 3.61. The number of amides is 1. The maximum absolute atomic E-state index is 14.6. The molecule has 0 aliphatic carbocycles. The first-order valence-corrected chi connectivity index (χ1v) is 16.0. The highest BCUT2D eigenvalue weighted by atomic mass is 32.1. The summed E-state index contributed by atoms with van der Waals surface area (Å²) in [5, 5.41) is 6.54. The summed E-state index contributed by atoms with van der Waals surface area (Å²) in [5.74, 6) is 0.609. The number of carbonyl (C=O) groups excluding carboxylic acids is 1. The van der Waals surface area contributed by atoms with Gasteiger partial charge in [0.25, 0.3) is 0 Å². The number of carbonyl (C=O) groups is 1. The molecule has 0 fully saturated rings. The smallest absolute Gasteiger partial charge is 0.246 e. The number of ether oxygens (including phenoxy) is 2. The molecule has 2 aromatic carbocycles. The van der Waals surface area contributed by atoms with Crippen molar-refractivity contribution in [2.45, 2.75) is 25.9 Å². The molecule has 0 bridgehead atoms. The summed E-state index contributed by atoms with van der Waals surface area (Å²) in [6, 6.07) is 13.3. The number of aromatic nitrogens is 3. The zero-order valence-corrected chi connectivity index (χ0v) is 26.2. The van der Waals surface area contributed by atoms with Crippen LogP contribution in [-0.4, -0.2) is 58.8 Å². The lowest BCUT2D eigenvalue weighted by Crippen LogP contribution is -2.35. The minimum absolute atomic E-state index is 0.110. The Hall–Kier alpha value is -4.38. The van der Waals surface area contributed by atoms with Gasteiger partial charge in [-0.25, -0.2) is 14.4 Å². The number of methoxy groups -OCH3 is 1. The van der Waals surface area contributed by atoms with Crippen LogP contribution in [0.2, 0.25) is 0 Å². The third kappa shape index (κ3) is 5.32. The predicted molar refractivity (Wildman–Crippen MR) is 175 cm³/mol. The second-order valence-corrected chi connectivity index (χ2v) is 12.3. The molecule has 0 spiro atoms. The highest BCUT2D eigenvalue weighted by Crippen LogP contribution is 2.46. The van der Waals surface area contributed by atoms with Crippen LogP contribution < -0.4 is 10.1 Å². The average molecular weight is 624 g/mol. The van der Waals surface area contributed by atoms with E-state index in [1.165, 1.54) is 29.3 Å². The molecular weight excluding hydrogens is 589 g/mol. The number of hydrogen-bond donors (Lipinski definition) is 1. The Kier molecular flexibility index (Phi) is 7.95. The molecule has 230 valence electrons. The molecule has 0 radical (unpaired) electrons. The van der Waals surface area contributed by atoms with Crippen molar-refractivity contribution in [3.8, 4) is 39.7 Å². The minimum atomic E-state index is -0.386. The van der Waals surface area contributed by atoms with Gasteiger partial charge < -0.3 is 24.3 Å². The quantitative estimate of drug-likeness (QED) is 0.171. The third-order valence-electron chi connectivity index (χ3n) is 8.69. The van der Waals surface area contributed by atoms with Crippen LogP contribution in [-0.2, 0) is 42.5 Å². The molecule has 0 atom stereocenters. The molecule has 45 heavy (non-hydrogen) atoms. The van der Waals surface area contributed by atoms with Gasteiger partial charge in [0.1, 0.15) is 23.9 Å². The highest BCUT2D eigenvalue weighted by Gasteiger charge is 2.29. The number of pyridine rings is 1. The molecule has 10 heteroatoms. The Morgan fingerprint density at radius 1 is 1.11 bits per heavy atom. The molecule has 7 rings (SSSR count). The molecule has 2 aliphatic heterocycles. The van der Waals surface area contributed by atoms with Gasteiger partial charge in [-0.2, -0.15) is 0 Å². The van der Waals surface area contributed by atoms with Crippen LogP contribution >= 0.6 is 11.3 Å². The van der Waals surface area contributed by atoms with Gasteiger partial charge in [-0.15, -0.1) is 11.3 Å². The fraction of sp³-hybridized carbons (Fsp3) is 0.286. The maximum atomic E-state index is 14.6. The number of hydrogen-bond acceptors (Lipinski definition) is 7. The number of thiophene rings is 1. The van der Waals surface area contributed by atoms with Gasteiger partial charge in [0, 0.05) is 72.2 Å². The Morgan fingerprint density at radius 3 is 2.84 bits per heavy atom. The fourth-order valence-corrected chi connectivity index (χ4v) is 7.35. The van der Waals surface area contributed by atoms with Gasteiger partial charge in [-0.3, -0.25) is 4.79 Å². The van der Waals surface area contributed by atoms with E-state index in [4.69, 9.17) is 19.4 Å². The van der Waals surface area contributed by atoms with E-state index in [0.717, 1.165) is 63.4 Å². The van der Waals surface area contributed by atoms with Crippen LogP contribution in [0.1, 0.15) is 22.5 Å². The zero-order chi connectivity index (χ0) is 31.1. The van der Waals surface area contributed by atoms with Gasteiger partial charge in [0.05, 0.1) is 24.5 Å². The topological polar surface area (TPSA) is 81.5 Å². The molecule has 0 saturated heterocycles. The van der Waals surface area contributed by atoms with E-state index in [9.17, 15) is 9.18 Å². The normalized spacial score (nSPS) is 14.3. The molecule has 5 aromatic rings. The van der Waals surface area contributed by atoms with E-state index in [2.05, 4.69) is 46.1 Å². The first-order chi connectivity index (χ1) is 22.0. The largest absolute Gasteiger partial charge is 0.490 e. The molecule has 3 aromatic heterocycles. The Bertz CT molecular complexity index is 1950. The van der Waals surface area contributed by atoms with Crippen LogP contribution in [0, 0.1) is 5.82 Å². The van der Waals surface area contributed by atoms with Crippen molar-refractivity contribution in [1.82, 2.24) is 24.8 Å². The van der Waals surface area contributed by atoms with E-state index >= 15 is 0 Å². The number of benzene rings is 2. The van der Waals surface area contributed by atoms with Crippen molar-refractivity contribution in [2.75, 3.05) is 33.4 Å². The van der Waals surface area contributed by atoms with Crippen molar-refractivity contribution in [3.63, 3.8) is 0 Å². The molecule has 0 saturated carbocycles. The first-order valence-electron chi connectivity index (χ1n) is 15.1. The van der Waals surface area contributed by atoms with Crippen molar-refractivity contribution < 1.29 is 18.7 Å². The minimum Gasteiger partial charge on any atom is -0.490 e. The summed E-state index contributed by atoms with van der Waals surface area (Å²) in [6.45, 7) is 7.10. The Morgan fingerprint density at radius 2 is 2.00 bits per heavy atom. The monoisotopic (exact) mass is 623 g/mol. The lowest BCUT2D eigenvalue weighted by atomic mass is 9.94. The average Bonchev–Trinajstić information content (AvgIpc) is 3.68. The Labute approximate surface area is 265 Å². The molecule has 5 heterocycles. The molecule has 1 N–H and O–H groups in total. The predicted octanol–water partition coefficient (Wildman–Crippen LogP) is 5.91. The van der Waals surface area contributed by atoms with E-state index in [0.29, 0.717) is 43.4 Å². The van der Waals surface area contributed by atoms with Crippen LogP contribution in [0.3, 0.4) is 0 Å². The van der Waals surface area contributed by atoms with Crippen LogP contribution in [0.5, 0.6) is 5.75 Å². The summed E-state index contributed by atoms with van der Waals surface area (Å²) < 4.78 is 29.1. The Balaban J connectivity index is 1.47.